The highest BCUT2D eigenvalue weighted by atomic mass is 16.2. The van der Waals surface area contributed by atoms with E-state index >= 15 is 0 Å². The van der Waals surface area contributed by atoms with Gasteiger partial charge in [0.05, 0.1) is 0 Å². The van der Waals surface area contributed by atoms with Gasteiger partial charge in [-0.15, -0.1) is 0 Å². The Morgan fingerprint density at radius 2 is 1.82 bits per heavy atom. The van der Waals surface area contributed by atoms with Crippen molar-refractivity contribution in [2.45, 2.75) is 57.5 Å². The van der Waals surface area contributed by atoms with Crippen molar-refractivity contribution in [1.82, 2.24) is 10.6 Å². The first-order valence-electron chi connectivity index (χ1n) is 7.29. The topological polar surface area (TPSA) is 41.1 Å². The smallest absolute Gasteiger partial charge is 0.223 e. The number of hydrogen-bond donors (Lipinski definition) is 2. The van der Waals surface area contributed by atoms with E-state index in [1.807, 2.05) is 0 Å². The van der Waals surface area contributed by atoms with E-state index in [0.29, 0.717) is 35.7 Å². The highest BCUT2D eigenvalue weighted by molar-refractivity contribution is 5.80. The van der Waals surface area contributed by atoms with E-state index in [4.69, 9.17) is 0 Å². The van der Waals surface area contributed by atoms with Crippen LogP contribution in [0.25, 0.3) is 0 Å². The molecule has 17 heavy (non-hydrogen) atoms. The summed E-state index contributed by atoms with van der Waals surface area (Å²) in [6.07, 6.45) is 7.47. The molecule has 1 saturated heterocycles. The second kappa shape index (κ2) is 4.60. The molecular formula is C14H24N2O. The average molecular weight is 236 g/mol. The molecule has 0 radical (unpaired) electrons. The lowest BCUT2D eigenvalue weighted by Gasteiger charge is -2.32. The molecule has 0 aromatic heterocycles. The molecule has 3 fully saturated rings. The molecule has 2 aliphatic carbocycles. The van der Waals surface area contributed by atoms with Crippen LogP contribution in [0.2, 0.25) is 0 Å². The predicted molar refractivity (Wildman–Crippen MR) is 67.6 cm³/mol. The van der Waals surface area contributed by atoms with Gasteiger partial charge in [0.15, 0.2) is 0 Å². The van der Waals surface area contributed by atoms with Crippen LogP contribution in [0, 0.1) is 17.8 Å². The highest BCUT2D eigenvalue weighted by Crippen LogP contribution is 2.49. The van der Waals surface area contributed by atoms with Crippen molar-refractivity contribution in [3.05, 3.63) is 0 Å². The van der Waals surface area contributed by atoms with Crippen molar-refractivity contribution in [3.63, 3.8) is 0 Å². The standard InChI is InChI=1S/C14H24N2O/c1-9-12(3-2-8-15-9)16-14(17)13(10-4-5-10)11-6-7-11/h9-13,15H,2-8H2,1H3,(H,16,17). The summed E-state index contributed by atoms with van der Waals surface area (Å²) in [5.74, 6) is 2.14. The molecule has 1 aliphatic heterocycles. The molecule has 2 unspecified atom stereocenters. The molecular weight excluding hydrogens is 212 g/mol. The first-order valence-corrected chi connectivity index (χ1v) is 7.29. The minimum absolute atomic E-state index is 0.351. The van der Waals surface area contributed by atoms with Gasteiger partial charge in [-0.25, -0.2) is 0 Å². The fraction of sp³-hybridized carbons (Fsp3) is 0.929. The van der Waals surface area contributed by atoms with Gasteiger partial charge in [-0.1, -0.05) is 0 Å². The third-order valence-corrected chi connectivity index (χ3v) is 4.65. The Morgan fingerprint density at radius 3 is 2.35 bits per heavy atom. The summed E-state index contributed by atoms with van der Waals surface area (Å²) < 4.78 is 0. The maximum atomic E-state index is 12.4. The molecule has 2 saturated carbocycles. The molecule has 3 heteroatoms. The molecule has 2 atom stereocenters. The summed E-state index contributed by atoms with van der Waals surface area (Å²) in [6, 6.07) is 0.794. The summed E-state index contributed by atoms with van der Waals surface area (Å²) in [5.41, 5.74) is 0. The zero-order valence-corrected chi connectivity index (χ0v) is 10.7. The maximum Gasteiger partial charge on any atom is 0.223 e. The number of rotatable bonds is 4. The molecule has 1 heterocycles. The molecule has 0 bridgehead atoms. The summed E-state index contributed by atoms with van der Waals surface area (Å²) in [4.78, 5) is 12.4. The SMILES string of the molecule is CC1NCCCC1NC(=O)C(C1CC1)C1CC1. The van der Waals surface area contributed by atoms with Crippen molar-refractivity contribution in [3.8, 4) is 0 Å². The van der Waals surface area contributed by atoms with E-state index in [9.17, 15) is 4.79 Å². The zero-order valence-electron chi connectivity index (χ0n) is 10.7. The lowest BCUT2D eigenvalue weighted by atomic mass is 9.94. The summed E-state index contributed by atoms with van der Waals surface area (Å²) >= 11 is 0. The largest absolute Gasteiger partial charge is 0.352 e. The van der Waals surface area contributed by atoms with Crippen molar-refractivity contribution in [1.29, 1.82) is 0 Å². The van der Waals surface area contributed by atoms with Crippen LogP contribution in [0.15, 0.2) is 0 Å². The Hall–Kier alpha value is -0.570. The van der Waals surface area contributed by atoms with E-state index in [-0.39, 0.29) is 0 Å². The van der Waals surface area contributed by atoms with Crippen LogP contribution in [0.4, 0.5) is 0 Å². The lowest BCUT2D eigenvalue weighted by Crippen LogP contribution is -2.53. The van der Waals surface area contributed by atoms with E-state index in [1.165, 1.54) is 32.1 Å². The number of carbonyl (C=O) groups is 1. The van der Waals surface area contributed by atoms with Crippen LogP contribution in [0.1, 0.15) is 45.4 Å². The molecule has 0 spiro atoms. The number of amides is 1. The van der Waals surface area contributed by atoms with Crippen LogP contribution < -0.4 is 10.6 Å². The van der Waals surface area contributed by atoms with Gasteiger partial charge >= 0.3 is 0 Å². The number of carbonyl (C=O) groups excluding carboxylic acids is 1. The van der Waals surface area contributed by atoms with Crippen LogP contribution in [-0.4, -0.2) is 24.5 Å². The van der Waals surface area contributed by atoms with Gasteiger partial charge in [0.2, 0.25) is 5.91 Å². The van der Waals surface area contributed by atoms with Gasteiger partial charge < -0.3 is 10.6 Å². The second-order valence-corrected chi connectivity index (χ2v) is 6.20. The second-order valence-electron chi connectivity index (χ2n) is 6.20. The fourth-order valence-corrected chi connectivity index (χ4v) is 3.24. The van der Waals surface area contributed by atoms with E-state index in [0.717, 1.165) is 13.0 Å². The first-order chi connectivity index (χ1) is 8.25. The Kier molecular flexibility index (Phi) is 3.12. The zero-order chi connectivity index (χ0) is 11.8. The third kappa shape index (κ3) is 2.65. The summed E-state index contributed by atoms with van der Waals surface area (Å²) in [6.45, 7) is 3.29. The normalized spacial score (nSPS) is 33.8. The van der Waals surface area contributed by atoms with Crippen molar-refractivity contribution in [2.75, 3.05) is 6.54 Å². The molecule has 3 aliphatic rings. The first kappa shape index (κ1) is 11.5. The van der Waals surface area contributed by atoms with Gasteiger partial charge in [0.25, 0.3) is 0 Å². The van der Waals surface area contributed by atoms with E-state index < -0.39 is 0 Å². The summed E-state index contributed by atoms with van der Waals surface area (Å²) in [7, 11) is 0. The highest BCUT2D eigenvalue weighted by Gasteiger charge is 2.46. The molecule has 96 valence electrons. The van der Waals surface area contributed by atoms with Crippen LogP contribution in [0.3, 0.4) is 0 Å². The van der Waals surface area contributed by atoms with Crippen molar-refractivity contribution in [2.24, 2.45) is 17.8 Å². The van der Waals surface area contributed by atoms with Gasteiger partial charge in [0, 0.05) is 18.0 Å². The number of piperidine rings is 1. The van der Waals surface area contributed by atoms with Gasteiger partial charge in [-0.3, -0.25) is 4.79 Å². The molecule has 0 aromatic carbocycles. The van der Waals surface area contributed by atoms with E-state index in [1.54, 1.807) is 0 Å². The monoisotopic (exact) mass is 236 g/mol. The summed E-state index contributed by atoms with van der Waals surface area (Å²) in [5, 5.41) is 6.76. The van der Waals surface area contributed by atoms with Crippen LogP contribution in [-0.2, 0) is 4.79 Å². The van der Waals surface area contributed by atoms with Gasteiger partial charge in [-0.2, -0.15) is 0 Å². The van der Waals surface area contributed by atoms with Crippen molar-refractivity contribution < 1.29 is 4.79 Å². The number of nitrogens with one attached hydrogen (secondary N) is 2. The molecule has 2 N–H and O–H groups in total. The molecule has 3 nitrogen and oxygen atoms in total. The molecule has 1 amide bonds. The average Bonchev–Trinajstić information content (AvgIpc) is 3.14. The Balaban J connectivity index is 1.57. The van der Waals surface area contributed by atoms with Crippen molar-refractivity contribution >= 4 is 5.91 Å². The third-order valence-electron chi connectivity index (χ3n) is 4.65. The minimum Gasteiger partial charge on any atom is -0.352 e. The van der Waals surface area contributed by atoms with Crippen LogP contribution in [0.5, 0.6) is 0 Å². The van der Waals surface area contributed by atoms with E-state index in [2.05, 4.69) is 17.6 Å². The Labute approximate surface area is 104 Å². The number of hydrogen-bond acceptors (Lipinski definition) is 2. The molecule has 0 aromatic rings. The quantitative estimate of drug-likeness (QED) is 0.780. The Morgan fingerprint density at radius 1 is 1.18 bits per heavy atom. The Bertz CT molecular complexity index is 285. The van der Waals surface area contributed by atoms with Gasteiger partial charge in [-0.05, 0) is 63.8 Å². The van der Waals surface area contributed by atoms with Crippen LogP contribution >= 0.6 is 0 Å². The predicted octanol–water partition coefficient (Wildman–Crippen LogP) is 1.68. The minimum atomic E-state index is 0.351. The van der Waals surface area contributed by atoms with Gasteiger partial charge in [0.1, 0.15) is 0 Å². The maximum absolute atomic E-state index is 12.4. The lowest BCUT2D eigenvalue weighted by molar-refractivity contribution is -0.127. The molecule has 3 rings (SSSR count). The fourth-order valence-electron chi connectivity index (χ4n) is 3.24.